The summed E-state index contributed by atoms with van der Waals surface area (Å²) in [4.78, 5) is 33.2. The lowest BCUT2D eigenvalue weighted by Crippen LogP contribution is -2.49. The smallest absolute Gasteiger partial charge is 0.245 e. The van der Waals surface area contributed by atoms with Crippen LogP contribution in [0.3, 0.4) is 0 Å². The summed E-state index contributed by atoms with van der Waals surface area (Å²) in [6, 6.07) is 2.62. The summed E-state index contributed by atoms with van der Waals surface area (Å²) in [5, 5.41) is 11.8. The first kappa shape index (κ1) is 26.8. The Morgan fingerprint density at radius 1 is 1.06 bits per heavy atom. The summed E-state index contributed by atoms with van der Waals surface area (Å²) in [7, 11) is 0. The van der Waals surface area contributed by atoms with E-state index in [1.165, 1.54) is 13.3 Å². The van der Waals surface area contributed by atoms with Crippen molar-refractivity contribution in [2.75, 3.05) is 11.9 Å². The fourth-order valence-corrected chi connectivity index (χ4v) is 4.78. The molecule has 1 unspecified atom stereocenters. The minimum Gasteiger partial charge on any atom is -0.370 e. The fourth-order valence-electron chi connectivity index (χ4n) is 4.78. The number of anilines is 1. The summed E-state index contributed by atoms with van der Waals surface area (Å²) in [5.74, 6) is 0.431. The van der Waals surface area contributed by atoms with Crippen molar-refractivity contribution in [3.05, 3.63) is 18.1 Å². The average Bonchev–Trinajstić information content (AvgIpc) is 3.32. The van der Waals surface area contributed by atoms with E-state index in [-0.39, 0.29) is 28.8 Å². The first-order valence-corrected chi connectivity index (χ1v) is 12.6. The number of carbonyl (C=O) groups is 2. The highest BCUT2D eigenvalue weighted by atomic mass is 16.2. The molecule has 0 radical (unpaired) electrons. The molecule has 2 aromatic rings. The van der Waals surface area contributed by atoms with Crippen LogP contribution < -0.4 is 16.4 Å². The molecule has 1 saturated carbocycles. The molecule has 1 saturated heterocycles. The minimum absolute atomic E-state index is 0.0777. The van der Waals surface area contributed by atoms with Gasteiger partial charge in [0.05, 0.1) is 5.69 Å². The van der Waals surface area contributed by atoms with Crippen molar-refractivity contribution < 1.29 is 9.59 Å². The maximum atomic E-state index is 13.2. The number of fused-ring (bicyclic) bond motifs is 1. The molecule has 0 bridgehead atoms. The van der Waals surface area contributed by atoms with Gasteiger partial charge in [0, 0.05) is 42.6 Å². The number of aromatic nitrogens is 4. The van der Waals surface area contributed by atoms with Crippen LogP contribution in [0.4, 0.5) is 5.95 Å². The third-order valence-electron chi connectivity index (χ3n) is 6.35. The van der Waals surface area contributed by atoms with E-state index < -0.39 is 0 Å². The zero-order valence-corrected chi connectivity index (χ0v) is 22.3. The Morgan fingerprint density at radius 2 is 1.69 bits per heavy atom. The van der Waals surface area contributed by atoms with Crippen molar-refractivity contribution in [1.29, 1.82) is 0 Å². The zero-order valence-electron chi connectivity index (χ0n) is 22.3. The number of amides is 2. The second kappa shape index (κ2) is 10.5. The molecule has 10 nitrogen and oxygen atoms in total. The molecule has 0 aromatic carbocycles. The van der Waals surface area contributed by atoms with Crippen LogP contribution in [0.15, 0.2) is 12.4 Å². The number of nitrogens with one attached hydrogen (secondary N) is 2. The van der Waals surface area contributed by atoms with E-state index in [2.05, 4.69) is 72.8 Å². The normalized spacial score (nSPS) is 23.2. The van der Waals surface area contributed by atoms with Crippen LogP contribution in [-0.4, -0.2) is 66.5 Å². The molecule has 1 aliphatic heterocycles. The molecule has 2 aromatic heterocycles. The summed E-state index contributed by atoms with van der Waals surface area (Å²) in [5.41, 5.74) is 6.23. The molecule has 1 atom stereocenters. The van der Waals surface area contributed by atoms with Crippen LogP contribution in [-0.2, 0) is 15.0 Å². The molecular weight excluding hydrogens is 444 g/mol. The Morgan fingerprint density at radius 3 is 2.26 bits per heavy atom. The van der Waals surface area contributed by atoms with Gasteiger partial charge in [0.1, 0.15) is 12.4 Å². The molecule has 4 N–H and O–H groups in total. The Kier molecular flexibility index (Phi) is 8.03. The van der Waals surface area contributed by atoms with Crippen LogP contribution in [0, 0.1) is 0 Å². The number of nitrogens with two attached hydrogens (primary N) is 1. The standard InChI is InChI=1S/C23H37N7O.C2H5NO/c1-22(2,3)18-13-19-24-14-25-21(30(19)28-18)26-17-11-12-29(20(17)31)16-9-7-15(8-10-16)27-23(4,5)6;1-2(3)4/h13-17,27H,7-12H2,1-6H3,(H,24,25,26);1H3,(H2,3,4). The monoisotopic (exact) mass is 486 g/mol. The van der Waals surface area contributed by atoms with Gasteiger partial charge < -0.3 is 21.3 Å². The lowest BCUT2D eigenvalue weighted by Gasteiger charge is -2.37. The third kappa shape index (κ3) is 7.13. The van der Waals surface area contributed by atoms with E-state index >= 15 is 0 Å². The highest BCUT2D eigenvalue weighted by Crippen LogP contribution is 2.29. The molecule has 35 heavy (non-hydrogen) atoms. The Hall–Kier alpha value is -2.75. The number of primary amides is 1. The molecule has 1 aliphatic carbocycles. The quantitative estimate of drug-likeness (QED) is 0.605. The van der Waals surface area contributed by atoms with Crippen molar-refractivity contribution in [3.63, 3.8) is 0 Å². The van der Waals surface area contributed by atoms with Gasteiger partial charge in [0.25, 0.3) is 0 Å². The number of nitrogens with zero attached hydrogens (tertiary/aromatic N) is 5. The summed E-state index contributed by atoms with van der Waals surface area (Å²) in [6.45, 7) is 15.1. The SMILES string of the molecule is CC(C)(C)NC1CCC(N2CCC(Nc3ncnc4cc(C(C)(C)C)nn34)C2=O)CC1.CC(N)=O. The maximum absolute atomic E-state index is 13.2. The lowest BCUT2D eigenvalue weighted by molar-refractivity contribution is -0.131. The first-order valence-electron chi connectivity index (χ1n) is 12.6. The topological polar surface area (TPSA) is 131 Å². The van der Waals surface area contributed by atoms with Crippen LogP contribution in [0.25, 0.3) is 5.65 Å². The Labute approximate surface area is 208 Å². The highest BCUT2D eigenvalue weighted by molar-refractivity contribution is 5.86. The van der Waals surface area contributed by atoms with Crippen LogP contribution >= 0.6 is 0 Å². The predicted molar refractivity (Wildman–Crippen MR) is 137 cm³/mol. The van der Waals surface area contributed by atoms with Crippen LogP contribution in [0.5, 0.6) is 0 Å². The number of hydrogen-bond donors (Lipinski definition) is 3. The Bertz CT molecular complexity index is 1020. The average molecular weight is 487 g/mol. The molecule has 2 amide bonds. The van der Waals surface area contributed by atoms with Crippen molar-refractivity contribution in [3.8, 4) is 0 Å². The number of likely N-dealkylation sites (tertiary alicyclic amines) is 1. The Balaban J connectivity index is 0.000000795. The van der Waals surface area contributed by atoms with E-state index in [1.54, 1.807) is 4.52 Å². The van der Waals surface area contributed by atoms with Gasteiger partial charge in [-0.2, -0.15) is 9.61 Å². The molecule has 0 spiro atoms. The predicted octanol–water partition coefficient (Wildman–Crippen LogP) is 2.63. The molecule has 2 aliphatic rings. The number of rotatable bonds is 4. The largest absolute Gasteiger partial charge is 0.370 e. The van der Waals surface area contributed by atoms with Gasteiger partial charge in [0.2, 0.25) is 17.8 Å². The van der Waals surface area contributed by atoms with Crippen molar-refractivity contribution in [2.45, 2.75) is 110 Å². The van der Waals surface area contributed by atoms with E-state index in [9.17, 15) is 9.59 Å². The highest BCUT2D eigenvalue weighted by Gasteiger charge is 2.38. The molecule has 10 heteroatoms. The summed E-state index contributed by atoms with van der Waals surface area (Å²) < 4.78 is 1.72. The minimum atomic E-state index is -0.333. The van der Waals surface area contributed by atoms with Gasteiger partial charge >= 0.3 is 0 Å². The van der Waals surface area contributed by atoms with E-state index in [0.717, 1.165) is 50.0 Å². The summed E-state index contributed by atoms with van der Waals surface area (Å²) in [6.07, 6.45) is 6.71. The van der Waals surface area contributed by atoms with Gasteiger partial charge in [0.15, 0.2) is 5.65 Å². The molecule has 3 heterocycles. The third-order valence-corrected chi connectivity index (χ3v) is 6.35. The second-order valence-corrected chi connectivity index (χ2v) is 11.8. The second-order valence-electron chi connectivity index (χ2n) is 11.8. The van der Waals surface area contributed by atoms with Crippen molar-refractivity contribution >= 4 is 23.4 Å². The molecule has 2 fully saturated rings. The zero-order chi connectivity index (χ0) is 26.0. The molecule has 4 rings (SSSR count). The van der Waals surface area contributed by atoms with Gasteiger partial charge in [-0.15, -0.1) is 0 Å². The van der Waals surface area contributed by atoms with Crippen LogP contribution in [0.1, 0.15) is 86.3 Å². The van der Waals surface area contributed by atoms with Gasteiger partial charge in [-0.25, -0.2) is 9.97 Å². The number of hydrogen-bond acceptors (Lipinski definition) is 7. The van der Waals surface area contributed by atoms with Crippen LogP contribution in [0.2, 0.25) is 0 Å². The fraction of sp³-hybridized carbons (Fsp3) is 0.720. The number of carbonyl (C=O) groups excluding carboxylic acids is 2. The van der Waals surface area contributed by atoms with E-state index in [0.29, 0.717) is 18.0 Å². The van der Waals surface area contributed by atoms with Crippen molar-refractivity contribution in [2.24, 2.45) is 5.73 Å². The van der Waals surface area contributed by atoms with E-state index in [4.69, 9.17) is 5.10 Å². The molecular formula is C25H42N8O2. The molecule has 194 valence electrons. The van der Waals surface area contributed by atoms with Gasteiger partial charge in [-0.1, -0.05) is 20.8 Å². The van der Waals surface area contributed by atoms with Gasteiger partial charge in [-0.3, -0.25) is 9.59 Å². The lowest BCUT2D eigenvalue weighted by atomic mass is 9.89. The van der Waals surface area contributed by atoms with Crippen molar-refractivity contribution in [1.82, 2.24) is 29.8 Å². The first-order chi connectivity index (χ1) is 16.2. The van der Waals surface area contributed by atoms with Gasteiger partial charge in [-0.05, 0) is 52.9 Å². The van der Waals surface area contributed by atoms with E-state index in [1.807, 2.05) is 6.07 Å². The maximum Gasteiger partial charge on any atom is 0.245 e. The summed E-state index contributed by atoms with van der Waals surface area (Å²) >= 11 is 0.